The predicted molar refractivity (Wildman–Crippen MR) is 78.1 cm³/mol. The highest BCUT2D eigenvalue weighted by Crippen LogP contribution is 2.09. The van der Waals surface area contributed by atoms with Gasteiger partial charge in [0.2, 0.25) is 5.91 Å². The zero-order chi connectivity index (χ0) is 14.3. The van der Waals surface area contributed by atoms with Crippen molar-refractivity contribution >= 4 is 5.91 Å². The lowest BCUT2D eigenvalue weighted by molar-refractivity contribution is -0.129. The van der Waals surface area contributed by atoms with Gasteiger partial charge >= 0.3 is 0 Å². The zero-order valence-corrected chi connectivity index (χ0v) is 12.7. The molecule has 0 aromatic carbocycles. The van der Waals surface area contributed by atoms with Gasteiger partial charge in [-0.25, -0.2) is 0 Å². The molecule has 1 aliphatic heterocycles. The second-order valence-electron chi connectivity index (χ2n) is 5.70. The summed E-state index contributed by atoms with van der Waals surface area (Å²) in [5, 5.41) is 0. The Hall–Kier alpha value is -0.870. The van der Waals surface area contributed by atoms with Crippen molar-refractivity contribution < 1.29 is 9.53 Å². The van der Waals surface area contributed by atoms with Crippen LogP contribution in [0, 0.1) is 5.92 Å². The summed E-state index contributed by atoms with van der Waals surface area (Å²) in [4.78, 5) is 15.9. The van der Waals surface area contributed by atoms with E-state index in [1.54, 1.807) is 6.92 Å². The molecule has 19 heavy (non-hydrogen) atoms. The summed E-state index contributed by atoms with van der Waals surface area (Å²) in [6, 6.07) is 0. The molecule has 0 saturated carbocycles. The number of amides is 1. The topological polar surface area (TPSA) is 32.8 Å². The van der Waals surface area contributed by atoms with Crippen LogP contribution < -0.4 is 0 Å². The number of morpholine rings is 1. The third-order valence-electron chi connectivity index (χ3n) is 3.48. The molecule has 4 heteroatoms. The van der Waals surface area contributed by atoms with Gasteiger partial charge in [-0.2, -0.15) is 0 Å². The van der Waals surface area contributed by atoms with Crippen LogP contribution in [0.3, 0.4) is 0 Å². The van der Waals surface area contributed by atoms with E-state index < -0.39 is 0 Å². The lowest BCUT2D eigenvalue weighted by Gasteiger charge is -2.29. The van der Waals surface area contributed by atoms with Gasteiger partial charge in [0.15, 0.2) is 0 Å². The van der Waals surface area contributed by atoms with Gasteiger partial charge in [-0.15, -0.1) is 0 Å². The van der Waals surface area contributed by atoms with Crippen LogP contribution >= 0.6 is 0 Å². The minimum Gasteiger partial charge on any atom is -0.379 e. The molecule has 1 fully saturated rings. The Morgan fingerprint density at radius 1 is 1.37 bits per heavy atom. The van der Waals surface area contributed by atoms with Crippen molar-refractivity contribution in [2.24, 2.45) is 5.92 Å². The first-order valence-electron chi connectivity index (χ1n) is 7.19. The fraction of sp³-hybridized carbons (Fsp3) is 0.800. The average Bonchev–Trinajstić information content (AvgIpc) is 2.36. The highest BCUT2D eigenvalue weighted by atomic mass is 16.5. The third kappa shape index (κ3) is 6.73. The molecule has 0 aromatic heterocycles. The van der Waals surface area contributed by atoms with Gasteiger partial charge in [-0.1, -0.05) is 19.1 Å². The van der Waals surface area contributed by atoms with Crippen molar-refractivity contribution in [2.75, 3.05) is 45.9 Å². The lowest BCUT2D eigenvalue weighted by atomic mass is 10.1. The van der Waals surface area contributed by atoms with Gasteiger partial charge in [-0.3, -0.25) is 9.69 Å². The van der Waals surface area contributed by atoms with Gasteiger partial charge in [0.25, 0.3) is 0 Å². The molecule has 0 aromatic rings. The van der Waals surface area contributed by atoms with Crippen molar-refractivity contribution in [1.82, 2.24) is 9.80 Å². The predicted octanol–water partition coefficient (Wildman–Crippen LogP) is 1.77. The number of hydrogen-bond acceptors (Lipinski definition) is 3. The molecular formula is C15H28N2O2. The Labute approximate surface area is 117 Å². The van der Waals surface area contributed by atoms with E-state index in [1.807, 2.05) is 11.8 Å². The third-order valence-corrected chi connectivity index (χ3v) is 3.48. The monoisotopic (exact) mass is 268 g/mol. The van der Waals surface area contributed by atoms with E-state index in [-0.39, 0.29) is 5.91 Å². The van der Waals surface area contributed by atoms with Crippen LogP contribution in [0.25, 0.3) is 0 Å². The van der Waals surface area contributed by atoms with Gasteiger partial charge in [0, 0.05) is 33.1 Å². The molecule has 0 radical (unpaired) electrons. The Balaban J connectivity index is 2.28. The number of carbonyl (C=O) groups is 1. The molecule has 4 nitrogen and oxygen atoms in total. The Bertz CT molecular complexity index is 299. The van der Waals surface area contributed by atoms with Crippen LogP contribution in [0.2, 0.25) is 0 Å². The van der Waals surface area contributed by atoms with Crippen LogP contribution in [0.5, 0.6) is 0 Å². The molecule has 0 bridgehead atoms. The number of rotatable bonds is 7. The van der Waals surface area contributed by atoms with E-state index in [1.165, 1.54) is 0 Å². The minimum atomic E-state index is 0.140. The Kier molecular flexibility index (Phi) is 7.10. The highest BCUT2D eigenvalue weighted by Gasteiger charge is 2.15. The molecule has 1 atom stereocenters. The molecular weight excluding hydrogens is 240 g/mol. The normalized spacial score (nSPS) is 18.1. The Morgan fingerprint density at radius 2 is 2.00 bits per heavy atom. The van der Waals surface area contributed by atoms with Crippen molar-refractivity contribution in [3.8, 4) is 0 Å². The van der Waals surface area contributed by atoms with Crippen molar-refractivity contribution in [3.05, 3.63) is 12.2 Å². The van der Waals surface area contributed by atoms with Gasteiger partial charge in [-0.05, 0) is 25.8 Å². The molecule has 1 aliphatic rings. The maximum Gasteiger partial charge on any atom is 0.219 e. The van der Waals surface area contributed by atoms with E-state index in [0.717, 1.165) is 51.4 Å². The standard InChI is InChI=1S/C15H28N2O2/c1-13(2)11-17(15(4)18)12-14(3)5-6-16-7-9-19-10-8-16/h14H,1,5-12H2,2-4H3. The summed E-state index contributed by atoms with van der Waals surface area (Å²) < 4.78 is 5.34. The Morgan fingerprint density at radius 3 is 2.53 bits per heavy atom. The van der Waals surface area contributed by atoms with Gasteiger partial charge in [0.1, 0.15) is 0 Å². The quantitative estimate of drug-likeness (QED) is 0.660. The molecule has 0 N–H and O–H groups in total. The molecule has 0 spiro atoms. The van der Waals surface area contributed by atoms with E-state index >= 15 is 0 Å². The number of hydrogen-bond donors (Lipinski definition) is 0. The van der Waals surface area contributed by atoms with E-state index in [2.05, 4.69) is 18.4 Å². The minimum absolute atomic E-state index is 0.140. The molecule has 1 amide bonds. The van der Waals surface area contributed by atoms with Crippen LogP contribution in [0.4, 0.5) is 0 Å². The van der Waals surface area contributed by atoms with Crippen LogP contribution in [0.15, 0.2) is 12.2 Å². The molecule has 1 saturated heterocycles. The largest absolute Gasteiger partial charge is 0.379 e. The average molecular weight is 268 g/mol. The summed E-state index contributed by atoms with van der Waals surface area (Å²) in [7, 11) is 0. The smallest absolute Gasteiger partial charge is 0.219 e. The highest BCUT2D eigenvalue weighted by molar-refractivity contribution is 5.73. The first-order chi connectivity index (χ1) is 8.99. The summed E-state index contributed by atoms with van der Waals surface area (Å²) in [5.41, 5.74) is 1.04. The number of ether oxygens (including phenoxy) is 1. The van der Waals surface area contributed by atoms with Crippen LogP contribution in [0.1, 0.15) is 27.2 Å². The first-order valence-corrected chi connectivity index (χ1v) is 7.19. The van der Waals surface area contributed by atoms with E-state index in [0.29, 0.717) is 12.5 Å². The molecule has 110 valence electrons. The fourth-order valence-electron chi connectivity index (χ4n) is 2.33. The maximum absolute atomic E-state index is 11.6. The summed E-state index contributed by atoms with van der Waals surface area (Å²) in [6.07, 6.45) is 1.12. The molecule has 1 heterocycles. The fourth-order valence-corrected chi connectivity index (χ4v) is 2.33. The van der Waals surface area contributed by atoms with Crippen molar-refractivity contribution in [3.63, 3.8) is 0 Å². The molecule has 0 aliphatic carbocycles. The summed E-state index contributed by atoms with van der Waals surface area (Å²) >= 11 is 0. The summed E-state index contributed by atoms with van der Waals surface area (Å²) in [5.74, 6) is 0.660. The van der Waals surface area contributed by atoms with Crippen molar-refractivity contribution in [2.45, 2.75) is 27.2 Å². The van der Waals surface area contributed by atoms with Gasteiger partial charge in [0.05, 0.1) is 13.2 Å². The van der Waals surface area contributed by atoms with Gasteiger partial charge < -0.3 is 9.64 Å². The first kappa shape index (κ1) is 16.2. The molecule has 1 unspecified atom stereocenters. The molecule has 1 rings (SSSR count). The summed E-state index contributed by atoms with van der Waals surface area (Å²) in [6.45, 7) is 16.1. The zero-order valence-electron chi connectivity index (χ0n) is 12.7. The second kappa shape index (κ2) is 8.33. The maximum atomic E-state index is 11.6. The SMILES string of the molecule is C=C(C)CN(CC(C)CCN1CCOCC1)C(C)=O. The van der Waals surface area contributed by atoms with Crippen molar-refractivity contribution in [1.29, 1.82) is 0 Å². The van der Waals surface area contributed by atoms with E-state index in [4.69, 9.17) is 4.74 Å². The lowest BCUT2D eigenvalue weighted by Crippen LogP contribution is -2.39. The van der Waals surface area contributed by atoms with Crippen LogP contribution in [-0.4, -0.2) is 61.6 Å². The number of carbonyl (C=O) groups excluding carboxylic acids is 1. The second-order valence-corrected chi connectivity index (χ2v) is 5.70. The van der Waals surface area contributed by atoms with E-state index in [9.17, 15) is 4.79 Å². The van der Waals surface area contributed by atoms with Crippen LogP contribution in [-0.2, 0) is 9.53 Å². The number of nitrogens with zero attached hydrogens (tertiary/aromatic N) is 2.